The number of nitrogens with one attached hydrogen (secondary N) is 1. The number of methoxy groups -OCH3 is 1. The van der Waals surface area contributed by atoms with E-state index >= 15 is 0 Å². The highest BCUT2D eigenvalue weighted by molar-refractivity contribution is 5.83. The van der Waals surface area contributed by atoms with Crippen molar-refractivity contribution in [3.05, 3.63) is 0 Å². The van der Waals surface area contributed by atoms with Crippen LogP contribution in [0.4, 0.5) is 4.79 Å². The monoisotopic (exact) mass is 270 g/mol. The Kier molecular flexibility index (Phi) is 6.12. The van der Waals surface area contributed by atoms with Crippen LogP contribution in [0, 0.1) is 11.8 Å². The molecular weight excluding hydrogens is 244 g/mol. The number of rotatable bonds is 4. The molecule has 0 aromatic heterocycles. The first kappa shape index (κ1) is 15.8. The number of nitrogens with zero attached hydrogens (tertiary/aromatic N) is 1. The number of esters is 1. The molecule has 5 nitrogen and oxygen atoms in total. The van der Waals surface area contributed by atoms with Gasteiger partial charge in [-0.05, 0) is 24.7 Å². The summed E-state index contributed by atoms with van der Waals surface area (Å²) in [5.41, 5.74) is 0. The van der Waals surface area contributed by atoms with E-state index in [1.165, 1.54) is 7.11 Å². The fourth-order valence-corrected chi connectivity index (χ4v) is 2.23. The SMILES string of the molecule is CC[C@@H](C)[C@H](NC(=O)N1CCC(C)CC1)C(=O)OC. The minimum absolute atomic E-state index is 0.0696. The molecule has 1 fully saturated rings. The van der Waals surface area contributed by atoms with Crippen LogP contribution in [0.5, 0.6) is 0 Å². The largest absolute Gasteiger partial charge is 0.467 e. The molecule has 2 atom stereocenters. The summed E-state index contributed by atoms with van der Waals surface area (Å²) < 4.78 is 4.77. The topological polar surface area (TPSA) is 58.6 Å². The van der Waals surface area contributed by atoms with Crippen LogP contribution >= 0.6 is 0 Å². The van der Waals surface area contributed by atoms with E-state index in [9.17, 15) is 9.59 Å². The van der Waals surface area contributed by atoms with Gasteiger partial charge in [0, 0.05) is 13.1 Å². The number of likely N-dealkylation sites (tertiary alicyclic amines) is 1. The van der Waals surface area contributed by atoms with Crippen LogP contribution in [0.15, 0.2) is 0 Å². The molecule has 0 aromatic rings. The fraction of sp³-hybridized carbons (Fsp3) is 0.857. The maximum absolute atomic E-state index is 12.2. The number of piperidine rings is 1. The van der Waals surface area contributed by atoms with E-state index in [-0.39, 0.29) is 17.9 Å². The first-order valence-electron chi connectivity index (χ1n) is 7.12. The van der Waals surface area contributed by atoms with Crippen LogP contribution in [-0.4, -0.2) is 43.1 Å². The van der Waals surface area contributed by atoms with Gasteiger partial charge in [-0.25, -0.2) is 9.59 Å². The molecule has 1 saturated heterocycles. The van der Waals surface area contributed by atoms with Gasteiger partial charge in [0.2, 0.25) is 0 Å². The minimum Gasteiger partial charge on any atom is -0.467 e. The maximum atomic E-state index is 12.2. The summed E-state index contributed by atoms with van der Waals surface area (Å²) in [5, 5.41) is 2.82. The van der Waals surface area contributed by atoms with Gasteiger partial charge in [-0.15, -0.1) is 0 Å². The van der Waals surface area contributed by atoms with Crippen molar-refractivity contribution in [2.45, 2.75) is 46.1 Å². The third-order valence-corrected chi connectivity index (χ3v) is 4.02. The van der Waals surface area contributed by atoms with Crippen molar-refractivity contribution in [3.63, 3.8) is 0 Å². The highest BCUT2D eigenvalue weighted by Gasteiger charge is 2.29. The molecular formula is C14H26N2O3. The molecule has 0 radical (unpaired) electrons. The van der Waals surface area contributed by atoms with E-state index < -0.39 is 6.04 Å². The lowest BCUT2D eigenvalue weighted by molar-refractivity contribution is -0.144. The van der Waals surface area contributed by atoms with Crippen molar-refractivity contribution < 1.29 is 14.3 Å². The third-order valence-electron chi connectivity index (χ3n) is 4.02. The number of hydrogen-bond acceptors (Lipinski definition) is 3. The Bertz CT molecular complexity index is 312. The molecule has 19 heavy (non-hydrogen) atoms. The molecule has 0 saturated carbocycles. The summed E-state index contributed by atoms with van der Waals surface area (Å²) in [6.45, 7) is 7.67. The van der Waals surface area contributed by atoms with E-state index in [2.05, 4.69) is 12.2 Å². The lowest BCUT2D eigenvalue weighted by atomic mass is 9.98. The molecule has 0 bridgehead atoms. The zero-order valence-electron chi connectivity index (χ0n) is 12.4. The normalized spacial score (nSPS) is 19.7. The predicted octanol–water partition coefficient (Wildman–Crippen LogP) is 2.02. The Morgan fingerprint density at radius 3 is 2.42 bits per heavy atom. The molecule has 2 amide bonds. The fourth-order valence-electron chi connectivity index (χ4n) is 2.23. The molecule has 110 valence electrons. The van der Waals surface area contributed by atoms with Crippen molar-refractivity contribution in [1.29, 1.82) is 0 Å². The van der Waals surface area contributed by atoms with Gasteiger partial charge in [0.1, 0.15) is 6.04 Å². The van der Waals surface area contributed by atoms with Gasteiger partial charge in [-0.2, -0.15) is 0 Å². The molecule has 1 aliphatic heterocycles. The molecule has 5 heteroatoms. The third kappa shape index (κ3) is 4.40. The van der Waals surface area contributed by atoms with E-state index in [0.717, 1.165) is 32.4 Å². The zero-order valence-corrected chi connectivity index (χ0v) is 12.4. The van der Waals surface area contributed by atoms with Crippen LogP contribution in [0.1, 0.15) is 40.0 Å². The van der Waals surface area contributed by atoms with Gasteiger partial charge in [-0.3, -0.25) is 0 Å². The average Bonchev–Trinajstić information content (AvgIpc) is 2.43. The lowest BCUT2D eigenvalue weighted by Crippen LogP contribution is -2.52. The van der Waals surface area contributed by atoms with Gasteiger partial charge in [0.25, 0.3) is 0 Å². The van der Waals surface area contributed by atoms with E-state index in [1.54, 1.807) is 4.90 Å². The van der Waals surface area contributed by atoms with Crippen molar-refractivity contribution in [1.82, 2.24) is 10.2 Å². The van der Waals surface area contributed by atoms with Gasteiger partial charge >= 0.3 is 12.0 Å². The first-order valence-corrected chi connectivity index (χ1v) is 7.12. The summed E-state index contributed by atoms with van der Waals surface area (Å²) in [4.78, 5) is 25.7. The number of urea groups is 1. The summed E-state index contributed by atoms with van der Waals surface area (Å²) in [7, 11) is 1.35. The van der Waals surface area contributed by atoms with Crippen molar-refractivity contribution in [3.8, 4) is 0 Å². The van der Waals surface area contributed by atoms with Crippen molar-refractivity contribution >= 4 is 12.0 Å². The summed E-state index contributed by atoms with van der Waals surface area (Å²) in [5.74, 6) is 0.378. The average molecular weight is 270 g/mol. The summed E-state index contributed by atoms with van der Waals surface area (Å²) >= 11 is 0. The second kappa shape index (κ2) is 7.36. The highest BCUT2D eigenvalue weighted by atomic mass is 16.5. The molecule has 0 aliphatic carbocycles. The van der Waals surface area contributed by atoms with Crippen LogP contribution in [0.3, 0.4) is 0 Å². The van der Waals surface area contributed by atoms with Gasteiger partial charge < -0.3 is 15.0 Å². The van der Waals surface area contributed by atoms with E-state index in [0.29, 0.717) is 5.92 Å². The molecule has 1 rings (SSSR count). The maximum Gasteiger partial charge on any atom is 0.328 e. The number of amides is 2. The minimum atomic E-state index is -0.554. The molecule has 1 N–H and O–H groups in total. The van der Waals surface area contributed by atoms with Gasteiger partial charge in [0.15, 0.2) is 0 Å². The molecule has 0 aromatic carbocycles. The Balaban J connectivity index is 2.58. The number of hydrogen-bond donors (Lipinski definition) is 1. The van der Waals surface area contributed by atoms with Crippen LogP contribution < -0.4 is 5.32 Å². The molecule has 1 aliphatic rings. The number of carbonyl (C=O) groups excluding carboxylic acids is 2. The van der Waals surface area contributed by atoms with Crippen molar-refractivity contribution in [2.24, 2.45) is 11.8 Å². The Morgan fingerprint density at radius 2 is 1.95 bits per heavy atom. The standard InChI is InChI=1S/C14H26N2O3/c1-5-11(3)12(13(17)19-4)15-14(18)16-8-6-10(2)7-9-16/h10-12H,5-9H2,1-4H3,(H,15,18)/t11-,12+/m1/s1. The van der Waals surface area contributed by atoms with Gasteiger partial charge in [-0.1, -0.05) is 27.2 Å². The quantitative estimate of drug-likeness (QED) is 0.795. The summed E-state index contributed by atoms with van der Waals surface area (Å²) in [6, 6.07) is -0.704. The Morgan fingerprint density at radius 1 is 1.37 bits per heavy atom. The highest BCUT2D eigenvalue weighted by Crippen LogP contribution is 2.17. The van der Waals surface area contributed by atoms with Crippen molar-refractivity contribution in [2.75, 3.05) is 20.2 Å². The Hall–Kier alpha value is -1.26. The first-order chi connectivity index (χ1) is 8.99. The van der Waals surface area contributed by atoms with E-state index in [4.69, 9.17) is 4.74 Å². The van der Waals surface area contributed by atoms with Crippen LogP contribution in [-0.2, 0) is 9.53 Å². The van der Waals surface area contributed by atoms with Crippen LogP contribution in [0.25, 0.3) is 0 Å². The molecule has 0 spiro atoms. The lowest BCUT2D eigenvalue weighted by Gasteiger charge is -2.32. The Labute approximate surface area is 115 Å². The number of carbonyl (C=O) groups is 2. The second-order valence-electron chi connectivity index (χ2n) is 5.51. The predicted molar refractivity (Wildman–Crippen MR) is 73.8 cm³/mol. The van der Waals surface area contributed by atoms with E-state index in [1.807, 2.05) is 13.8 Å². The molecule has 0 unspecified atom stereocenters. The number of ether oxygens (including phenoxy) is 1. The zero-order chi connectivity index (χ0) is 14.4. The van der Waals surface area contributed by atoms with Crippen LogP contribution in [0.2, 0.25) is 0 Å². The molecule has 1 heterocycles. The van der Waals surface area contributed by atoms with Gasteiger partial charge in [0.05, 0.1) is 7.11 Å². The smallest absolute Gasteiger partial charge is 0.328 e. The summed E-state index contributed by atoms with van der Waals surface area (Å²) in [6.07, 6.45) is 2.87. The second-order valence-corrected chi connectivity index (χ2v) is 5.51.